The fourth-order valence-corrected chi connectivity index (χ4v) is 4.47. The number of hydrogen-bond acceptors (Lipinski definition) is 3. The van der Waals surface area contributed by atoms with Crippen molar-refractivity contribution < 1.29 is 9.59 Å². The van der Waals surface area contributed by atoms with Crippen molar-refractivity contribution in [1.82, 2.24) is 15.1 Å². The van der Waals surface area contributed by atoms with Crippen molar-refractivity contribution in [2.75, 3.05) is 32.7 Å². The summed E-state index contributed by atoms with van der Waals surface area (Å²) in [5.41, 5.74) is 2.61. The molecule has 134 valence electrons. The molecule has 1 N–H and O–H groups in total. The molecule has 2 aliphatic heterocycles. The van der Waals surface area contributed by atoms with Crippen molar-refractivity contribution in [3.05, 3.63) is 35.4 Å². The Labute approximate surface area is 149 Å². The zero-order chi connectivity index (χ0) is 17.4. The Hall–Kier alpha value is -1.88. The first-order chi connectivity index (χ1) is 12.1. The average molecular weight is 341 g/mol. The maximum Gasteiger partial charge on any atom is 0.236 e. The molecule has 3 fully saturated rings. The minimum absolute atomic E-state index is 0.138. The predicted molar refractivity (Wildman–Crippen MR) is 96.2 cm³/mol. The zero-order valence-corrected chi connectivity index (χ0v) is 14.9. The van der Waals surface area contributed by atoms with Gasteiger partial charge in [0.25, 0.3) is 0 Å². The lowest BCUT2D eigenvalue weighted by Gasteiger charge is -2.41. The van der Waals surface area contributed by atoms with Crippen molar-refractivity contribution in [3.8, 4) is 0 Å². The number of rotatable bonds is 3. The van der Waals surface area contributed by atoms with Crippen molar-refractivity contribution in [2.24, 2.45) is 5.92 Å². The number of hydrogen-bond donors (Lipinski definition) is 1. The molecule has 3 atom stereocenters. The van der Waals surface area contributed by atoms with Crippen molar-refractivity contribution >= 4 is 11.8 Å². The number of nitrogens with zero attached hydrogens (tertiary/aromatic N) is 2. The first-order valence-corrected chi connectivity index (χ1v) is 9.49. The Morgan fingerprint density at radius 3 is 2.88 bits per heavy atom. The van der Waals surface area contributed by atoms with E-state index in [-0.39, 0.29) is 17.9 Å². The second-order valence-electron chi connectivity index (χ2n) is 7.65. The zero-order valence-electron chi connectivity index (χ0n) is 14.9. The molecule has 2 saturated heterocycles. The van der Waals surface area contributed by atoms with Crippen molar-refractivity contribution in [2.45, 2.75) is 38.1 Å². The summed E-state index contributed by atoms with van der Waals surface area (Å²) >= 11 is 0. The van der Waals surface area contributed by atoms with Crippen LogP contribution in [-0.2, 0) is 9.59 Å². The van der Waals surface area contributed by atoms with Crippen LogP contribution in [0.3, 0.4) is 0 Å². The van der Waals surface area contributed by atoms with E-state index in [0.717, 1.165) is 38.9 Å². The lowest BCUT2D eigenvalue weighted by molar-refractivity contribution is -0.141. The van der Waals surface area contributed by atoms with Crippen LogP contribution in [0.4, 0.5) is 0 Å². The summed E-state index contributed by atoms with van der Waals surface area (Å²) in [7, 11) is 0. The Morgan fingerprint density at radius 2 is 2.08 bits per heavy atom. The van der Waals surface area contributed by atoms with E-state index in [2.05, 4.69) is 36.5 Å². The van der Waals surface area contributed by atoms with Crippen LogP contribution in [0.5, 0.6) is 0 Å². The number of likely N-dealkylation sites (tertiary alicyclic amines) is 1. The number of benzene rings is 1. The van der Waals surface area contributed by atoms with Gasteiger partial charge in [-0.1, -0.05) is 24.3 Å². The minimum atomic E-state index is 0.138. The van der Waals surface area contributed by atoms with Gasteiger partial charge in [-0.25, -0.2) is 0 Å². The van der Waals surface area contributed by atoms with Gasteiger partial charge in [0, 0.05) is 38.1 Å². The van der Waals surface area contributed by atoms with E-state index >= 15 is 0 Å². The molecule has 3 aliphatic rings. The summed E-state index contributed by atoms with van der Waals surface area (Å²) in [6.45, 7) is 5.73. The summed E-state index contributed by atoms with van der Waals surface area (Å²) in [6, 6.07) is 8.60. The van der Waals surface area contributed by atoms with E-state index in [1.54, 1.807) is 0 Å². The normalized spacial score (nSPS) is 29.6. The molecule has 1 saturated carbocycles. The molecule has 0 radical (unpaired) electrons. The van der Waals surface area contributed by atoms with Crippen LogP contribution in [0, 0.1) is 12.8 Å². The van der Waals surface area contributed by atoms with Crippen LogP contribution in [-0.4, -0.2) is 60.4 Å². The van der Waals surface area contributed by atoms with Crippen LogP contribution in [0.1, 0.15) is 36.3 Å². The molecule has 3 unspecified atom stereocenters. The Kier molecular flexibility index (Phi) is 4.50. The van der Waals surface area contributed by atoms with Crippen molar-refractivity contribution in [1.29, 1.82) is 0 Å². The van der Waals surface area contributed by atoms with E-state index < -0.39 is 0 Å². The predicted octanol–water partition coefficient (Wildman–Crippen LogP) is 1.52. The van der Waals surface area contributed by atoms with E-state index in [1.165, 1.54) is 11.1 Å². The van der Waals surface area contributed by atoms with Crippen LogP contribution < -0.4 is 5.32 Å². The summed E-state index contributed by atoms with van der Waals surface area (Å²) in [5.74, 6) is 0.990. The van der Waals surface area contributed by atoms with E-state index in [4.69, 9.17) is 0 Å². The van der Waals surface area contributed by atoms with E-state index in [0.29, 0.717) is 24.9 Å². The molecule has 1 aromatic rings. The molecule has 5 nitrogen and oxygen atoms in total. The molecular weight excluding hydrogens is 314 g/mol. The topological polar surface area (TPSA) is 52.7 Å². The number of carbonyl (C=O) groups excluding carboxylic acids is 2. The van der Waals surface area contributed by atoms with E-state index in [1.807, 2.05) is 9.80 Å². The third-order valence-corrected chi connectivity index (χ3v) is 5.97. The number of carbonyl (C=O) groups is 2. The summed E-state index contributed by atoms with van der Waals surface area (Å²) < 4.78 is 0. The summed E-state index contributed by atoms with van der Waals surface area (Å²) in [6.07, 6.45) is 2.98. The molecule has 2 heterocycles. The molecule has 2 amide bonds. The van der Waals surface area contributed by atoms with Gasteiger partial charge in [-0.3, -0.25) is 9.59 Å². The smallest absolute Gasteiger partial charge is 0.236 e. The SMILES string of the molecule is Cc1ccccc1C1CC1C(=O)N1CCCC(N2CCNCC2=O)C1. The summed E-state index contributed by atoms with van der Waals surface area (Å²) in [5, 5.41) is 3.12. The lowest BCUT2D eigenvalue weighted by Crippen LogP contribution is -2.57. The second kappa shape index (κ2) is 6.79. The average Bonchev–Trinajstić information content (AvgIpc) is 3.42. The largest absolute Gasteiger partial charge is 0.340 e. The molecule has 0 bridgehead atoms. The Morgan fingerprint density at radius 1 is 1.24 bits per heavy atom. The molecule has 1 aliphatic carbocycles. The Balaban J connectivity index is 1.39. The first kappa shape index (κ1) is 16.6. The number of nitrogens with one attached hydrogen (secondary N) is 1. The van der Waals surface area contributed by atoms with Gasteiger partial charge in [-0.05, 0) is 43.2 Å². The highest BCUT2D eigenvalue weighted by atomic mass is 16.2. The molecule has 5 heteroatoms. The third-order valence-electron chi connectivity index (χ3n) is 5.97. The maximum atomic E-state index is 13.0. The quantitative estimate of drug-likeness (QED) is 0.907. The molecule has 0 spiro atoms. The Bertz CT molecular complexity index is 675. The number of aryl methyl sites for hydroxylation is 1. The second-order valence-corrected chi connectivity index (χ2v) is 7.65. The lowest BCUT2D eigenvalue weighted by atomic mass is 10.0. The fourth-order valence-electron chi connectivity index (χ4n) is 4.47. The third kappa shape index (κ3) is 3.30. The number of piperidine rings is 1. The van der Waals surface area contributed by atoms with Gasteiger partial charge < -0.3 is 15.1 Å². The van der Waals surface area contributed by atoms with Crippen LogP contribution >= 0.6 is 0 Å². The van der Waals surface area contributed by atoms with Crippen molar-refractivity contribution in [3.63, 3.8) is 0 Å². The highest BCUT2D eigenvalue weighted by Crippen LogP contribution is 2.49. The monoisotopic (exact) mass is 341 g/mol. The minimum Gasteiger partial charge on any atom is -0.340 e. The van der Waals surface area contributed by atoms with Crippen LogP contribution in [0.15, 0.2) is 24.3 Å². The van der Waals surface area contributed by atoms with Gasteiger partial charge in [-0.15, -0.1) is 0 Å². The van der Waals surface area contributed by atoms with Gasteiger partial charge >= 0.3 is 0 Å². The van der Waals surface area contributed by atoms with Gasteiger partial charge in [0.15, 0.2) is 0 Å². The van der Waals surface area contributed by atoms with Crippen LogP contribution in [0.2, 0.25) is 0 Å². The highest BCUT2D eigenvalue weighted by Gasteiger charge is 2.47. The number of piperazine rings is 1. The number of amides is 2. The van der Waals surface area contributed by atoms with Gasteiger partial charge in [-0.2, -0.15) is 0 Å². The van der Waals surface area contributed by atoms with Gasteiger partial charge in [0.2, 0.25) is 11.8 Å². The van der Waals surface area contributed by atoms with Crippen LogP contribution in [0.25, 0.3) is 0 Å². The summed E-state index contributed by atoms with van der Waals surface area (Å²) in [4.78, 5) is 29.1. The van der Waals surface area contributed by atoms with E-state index in [9.17, 15) is 9.59 Å². The molecule has 25 heavy (non-hydrogen) atoms. The molecule has 0 aromatic heterocycles. The van der Waals surface area contributed by atoms with Gasteiger partial charge in [0.05, 0.1) is 6.54 Å². The first-order valence-electron chi connectivity index (χ1n) is 9.49. The fraction of sp³-hybridized carbons (Fsp3) is 0.600. The molecule has 4 rings (SSSR count). The maximum absolute atomic E-state index is 13.0. The molecule has 1 aromatic carbocycles. The highest BCUT2D eigenvalue weighted by molar-refractivity contribution is 5.83. The van der Waals surface area contributed by atoms with Gasteiger partial charge in [0.1, 0.15) is 0 Å². The standard InChI is InChI=1S/C20H27N3O2/c1-14-5-2-3-7-16(14)17-11-18(17)20(25)22-9-4-6-15(13-22)23-10-8-21-12-19(23)24/h2-3,5,7,15,17-18,21H,4,6,8-13H2,1H3. The molecular formula is C20H27N3O2.